The highest BCUT2D eigenvalue weighted by Gasteiger charge is 2.49. The summed E-state index contributed by atoms with van der Waals surface area (Å²) in [6.07, 6.45) is 3.43. The maximum atomic E-state index is 10.4. The van der Waals surface area contributed by atoms with Crippen molar-refractivity contribution in [3.8, 4) is 0 Å². The number of aliphatic hydroxyl groups excluding tert-OH is 1. The van der Waals surface area contributed by atoms with E-state index in [1.54, 1.807) is 0 Å². The zero-order valence-corrected chi connectivity index (χ0v) is 19.1. The van der Waals surface area contributed by atoms with Gasteiger partial charge in [-0.3, -0.25) is 0 Å². The fourth-order valence-corrected chi connectivity index (χ4v) is 8.18. The predicted molar refractivity (Wildman–Crippen MR) is 123 cm³/mol. The van der Waals surface area contributed by atoms with Crippen LogP contribution in [0.2, 0.25) is 5.04 Å². The summed E-state index contributed by atoms with van der Waals surface area (Å²) in [5, 5.41) is 12.9. The predicted octanol–water partition coefficient (Wildman–Crippen LogP) is 4.84. The van der Waals surface area contributed by atoms with Gasteiger partial charge in [-0.15, -0.1) is 0 Å². The van der Waals surface area contributed by atoms with E-state index in [2.05, 4.69) is 81.4 Å². The van der Waals surface area contributed by atoms with Crippen LogP contribution in [-0.4, -0.2) is 26.1 Å². The minimum Gasteiger partial charge on any atom is -0.404 e. The number of benzene rings is 2. The first-order chi connectivity index (χ1) is 13.2. The molecule has 1 atom stereocenters. The molecule has 2 nitrogen and oxygen atoms in total. The first-order valence-electron chi connectivity index (χ1n) is 9.96. The van der Waals surface area contributed by atoms with Gasteiger partial charge in [0.25, 0.3) is 8.32 Å². The molecule has 0 amide bonds. The molecule has 0 aliphatic heterocycles. The van der Waals surface area contributed by atoms with Crippen molar-refractivity contribution in [3.05, 3.63) is 84.0 Å². The van der Waals surface area contributed by atoms with Crippen LogP contribution in [0.3, 0.4) is 0 Å². The van der Waals surface area contributed by atoms with Gasteiger partial charge in [-0.25, -0.2) is 0 Å². The van der Waals surface area contributed by atoms with Crippen molar-refractivity contribution in [3.63, 3.8) is 0 Å². The lowest BCUT2D eigenvalue weighted by Crippen LogP contribution is -2.66. The number of aliphatic hydroxyl groups is 1. The van der Waals surface area contributed by atoms with Gasteiger partial charge >= 0.3 is 0 Å². The standard InChI is InChI=1S/C25H34O2Si/c1-7-20(2)24(26)21(3)18-19-27-28(25(4,5)6,22-14-10-8-11-15-22)23-16-12-9-13-17-23/h7-18,24,26H,19H2,1-6H3/b20-7+,21-18-/t24-/m0/s1. The summed E-state index contributed by atoms with van der Waals surface area (Å²) in [5.74, 6) is 0. The Kier molecular flexibility index (Phi) is 7.59. The molecule has 2 rings (SSSR count). The van der Waals surface area contributed by atoms with Gasteiger partial charge in [-0.05, 0) is 47.3 Å². The minimum absolute atomic E-state index is 0.0463. The van der Waals surface area contributed by atoms with E-state index in [1.807, 2.05) is 32.9 Å². The molecule has 2 aromatic carbocycles. The summed E-state index contributed by atoms with van der Waals surface area (Å²) < 4.78 is 6.83. The summed E-state index contributed by atoms with van der Waals surface area (Å²) in [7, 11) is -2.53. The smallest absolute Gasteiger partial charge is 0.261 e. The summed E-state index contributed by atoms with van der Waals surface area (Å²) >= 11 is 0. The maximum Gasteiger partial charge on any atom is 0.261 e. The van der Waals surface area contributed by atoms with Gasteiger partial charge in [-0.1, -0.05) is 93.6 Å². The van der Waals surface area contributed by atoms with E-state index in [0.29, 0.717) is 6.61 Å². The highest BCUT2D eigenvalue weighted by molar-refractivity contribution is 6.99. The molecule has 0 spiro atoms. The molecular weight excluding hydrogens is 360 g/mol. The molecule has 0 saturated heterocycles. The molecule has 0 saturated carbocycles. The third-order valence-electron chi connectivity index (χ3n) is 5.44. The van der Waals surface area contributed by atoms with Crippen LogP contribution >= 0.6 is 0 Å². The fraction of sp³-hybridized carbons (Fsp3) is 0.360. The molecule has 0 bridgehead atoms. The SMILES string of the molecule is C/C=C(\C)[C@H](O)/C(C)=C\CO[Si](c1ccccc1)(c1ccccc1)C(C)(C)C. The summed E-state index contributed by atoms with van der Waals surface area (Å²) in [4.78, 5) is 0. The van der Waals surface area contributed by atoms with Crippen molar-refractivity contribution in [2.45, 2.75) is 52.7 Å². The summed E-state index contributed by atoms with van der Waals surface area (Å²) in [5.41, 5.74) is 1.88. The van der Waals surface area contributed by atoms with Crippen molar-refractivity contribution in [1.82, 2.24) is 0 Å². The Hall–Kier alpha value is -1.94. The van der Waals surface area contributed by atoms with E-state index < -0.39 is 14.4 Å². The van der Waals surface area contributed by atoms with Crippen molar-refractivity contribution >= 4 is 18.7 Å². The largest absolute Gasteiger partial charge is 0.404 e. The second kappa shape index (κ2) is 9.51. The van der Waals surface area contributed by atoms with Crippen LogP contribution < -0.4 is 10.4 Å². The molecule has 150 valence electrons. The lowest BCUT2D eigenvalue weighted by atomic mass is 10.0. The summed E-state index contributed by atoms with van der Waals surface area (Å²) in [6, 6.07) is 21.3. The van der Waals surface area contributed by atoms with Crippen LogP contribution in [0.25, 0.3) is 0 Å². The number of allylic oxidation sites excluding steroid dienone is 1. The second-order valence-corrected chi connectivity index (χ2v) is 12.7. The monoisotopic (exact) mass is 394 g/mol. The van der Waals surface area contributed by atoms with E-state index in [-0.39, 0.29) is 5.04 Å². The van der Waals surface area contributed by atoms with Crippen molar-refractivity contribution in [2.24, 2.45) is 0 Å². The average Bonchev–Trinajstić information content (AvgIpc) is 2.70. The lowest BCUT2D eigenvalue weighted by molar-refractivity contribution is 0.244. The molecule has 2 aromatic rings. The van der Waals surface area contributed by atoms with Gasteiger partial charge < -0.3 is 9.53 Å². The molecule has 0 aromatic heterocycles. The quantitative estimate of drug-likeness (QED) is 0.538. The third-order valence-corrected chi connectivity index (χ3v) is 10.4. The van der Waals surface area contributed by atoms with E-state index in [0.717, 1.165) is 11.1 Å². The second-order valence-electron chi connectivity index (χ2n) is 8.36. The van der Waals surface area contributed by atoms with Crippen LogP contribution in [0.4, 0.5) is 0 Å². The van der Waals surface area contributed by atoms with Gasteiger partial charge in [0.2, 0.25) is 0 Å². The molecule has 0 heterocycles. The summed E-state index contributed by atoms with van der Waals surface area (Å²) in [6.45, 7) is 13.2. The molecular formula is C25H34O2Si. The normalized spacial score (nSPS) is 14.8. The lowest BCUT2D eigenvalue weighted by Gasteiger charge is -2.42. The Bertz CT molecular complexity index is 762. The van der Waals surface area contributed by atoms with E-state index >= 15 is 0 Å². The minimum atomic E-state index is -2.53. The highest BCUT2D eigenvalue weighted by Crippen LogP contribution is 2.36. The molecule has 0 fully saturated rings. The highest BCUT2D eigenvalue weighted by atomic mass is 28.4. The number of hydrogen-bond acceptors (Lipinski definition) is 2. The number of rotatable bonds is 7. The Morgan fingerprint density at radius 2 is 1.39 bits per heavy atom. The topological polar surface area (TPSA) is 29.5 Å². The molecule has 0 aliphatic rings. The number of hydrogen-bond donors (Lipinski definition) is 1. The first kappa shape index (κ1) is 22.3. The first-order valence-corrected chi connectivity index (χ1v) is 11.9. The van der Waals surface area contributed by atoms with Gasteiger partial charge in [0, 0.05) is 0 Å². The molecule has 0 unspecified atom stereocenters. The zero-order chi connectivity index (χ0) is 20.8. The van der Waals surface area contributed by atoms with Crippen LogP contribution in [0.5, 0.6) is 0 Å². The average molecular weight is 395 g/mol. The maximum absolute atomic E-state index is 10.4. The van der Waals surface area contributed by atoms with Gasteiger partial charge in [-0.2, -0.15) is 0 Å². The zero-order valence-electron chi connectivity index (χ0n) is 18.1. The third kappa shape index (κ3) is 4.72. The molecule has 28 heavy (non-hydrogen) atoms. The molecule has 3 heteroatoms. The Balaban J connectivity index is 2.48. The Morgan fingerprint density at radius 3 is 1.79 bits per heavy atom. The molecule has 1 N–H and O–H groups in total. The van der Waals surface area contributed by atoms with Crippen LogP contribution in [0.1, 0.15) is 41.5 Å². The van der Waals surface area contributed by atoms with Crippen LogP contribution in [-0.2, 0) is 4.43 Å². The van der Waals surface area contributed by atoms with E-state index in [4.69, 9.17) is 4.43 Å². The van der Waals surface area contributed by atoms with Gasteiger partial charge in [0.1, 0.15) is 0 Å². The van der Waals surface area contributed by atoms with Crippen molar-refractivity contribution in [2.75, 3.05) is 6.61 Å². The van der Waals surface area contributed by atoms with Crippen LogP contribution in [0, 0.1) is 0 Å². The van der Waals surface area contributed by atoms with Crippen molar-refractivity contribution in [1.29, 1.82) is 0 Å². The van der Waals surface area contributed by atoms with Gasteiger partial charge in [0.05, 0.1) is 12.7 Å². The van der Waals surface area contributed by atoms with E-state index in [9.17, 15) is 5.11 Å². The van der Waals surface area contributed by atoms with Gasteiger partial charge in [0.15, 0.2) is 0 Å². The van der Waals surface area contributed by atoms with Crippen molar-refractivity contribution < 1.29 is 9.53 Å². The Labute approximate surface area is 171 Å². The molecule has 0 radical (unpaired) electrons. The molecule has 0 aliphatic carbocycles. The Morgan fingerprint density at radius 1 is 0.929 bits per heavy atom. The van der Waals surface area contributed by atoms with Crippen LogP contribution in [0.15, 0.2) is 84.0 Å². The fourth-order valence-electron chi connectivity index (χ4n) is 3.69. The van der Waals surface area contributed by atoms with E-state index in [1.165, 1.54) is 10.4 Å².